The topological polar surface area (TPSA) is 106 Å². The van der Waals surface area contributed by atoms with Gasteiger partial charge in [-0.25, -0.2) is 9.67 Å². The number of aromatic nitrogens is 5. The van der Waals surface area contributed by atoms with Crippen molar-refractivity contribution >= 4 is 28.7 Å². The molecular formula is C25H25ClN6O3. The number of likely N-dealkylation sites (tertiary alicyclic amines) is 1. The zero-order chi connectivity index (χ0) is 24.4. The van der Waals surface area contributed by atoms with Gasteiger partial charge < -0.3 is 14.6 Å². The maximum atomic E-state index is 12.9. The summed E-state index contributed by atoms with van der Waals surface area (Å²) in [5.41, 5.74) is 1.81. The summed E-state index contributed by atoms with van der Waals surface area (Å²) in [5, 5.41) is 8.76. The molecule has 5 rings (SSSR count). The van der Waals surface area contributed by atoms with E-state index in [9.17, 15) is 9.59 Å². The lowest BCUT2D eigenvalue weighted by atomic mass is 9.95. The van der Waals surface area contributed by atoms with Crippen LogP contribution in [0.2, 0.25) is 5.02 Å². The second-order valence-electron chi connectivity index (χ2n) is 8.49. The highest BCUT2D eigenvalue weighted by molar-refractivity contribution is 6.31. The summed E-state index contributed by atoms with van der Waals surface area (Å²) in [6, 6.07) is 14.7. The van der Waals surface area contributed by atoms with E-state index in [2.05, 4.69) is 15.3 Å². The predicted octanol–water partition coefficient (Wildman–Crippen LogP) is 3.63. The van der Waals surface area contributed by atoms with Crippen molar-refractivity contribution in [3.63, 3.8) is 0 Å². The van der Waals surface area contributed by atoms with E-state index < -0.39 is 0 Å². The first-order valence-electron chi connectivity index (χ1n) is 11.6. The van der Waals surface area contributed by atoms with Gasteiger partial charge in [0.2, 0.25) is 0 Å². The number of fused-ring (bicyclic) bond motifs is 1. The number of amides is 1. The number of aromatic amines is 1. The molecule has 0 aliphatic carbocycles. The number of benzene rings is 2. The van der Waals surface area contributed by atoms with Gasteiger partial charge in [-0.1, -0.05) is 35.0 Å². The predicted molar refractivity (Wildman–Crippen MR) is 132 cm³/mol. The van der Waals surface area contributed by atoms with Crippen molar-refractivity contribution in [1.29, 1.82) is 0 Å². The van der Waals surface area contributed by atoms with Crippen LogP contribution in [0.15, 0.2) is 53.3 Å². The van der Waals surface area contributed by atoms with E-state index in [0.717, 1.165) is 11.3 Å². The maximum absolute atomic E-state index is 12.9. The number of halogens is 1. The highest BCUT2D eigenvalue weighted by Crippen LogP contribution is 2.27. The standard InChI is InChI=1S/C25H25ClN6O3/c1-2-35-19-9-7-17(8-10-19)25(34)31-13-11-16(12-14-31)22-27-23-21(24(33)28-22)29-30-32(23)15-18-5-3-4-6-20(18)26/h3-10,16H,2,11-15H2,1H3,(H,27,28,33). The van der Waals surface area contributed by atoms with Crippen molar-refractivity contribution in [2.75, 3.05) is 19.7 Å². The van der Waals surface area contributed by atoms with Crippen LogP contribution in [0.25, 0.3) is 11.2 Å². The fourth-order valence-corrected chi connectivity index (χ4v) is 4.57. The van der Waals surface area contributed by atoms with E-state index in [4.69, 9.17) is 21.3 Å². The molecule has 0 bridgehead atoms. The van der Waals surface area contributed by atoms with E-state index in [1.165, 1.54) is 0 Å². The number of carbonyl (C=O) groups is 1. The smallest absolute Gasteiger partial charge is 0.281 e. The summed E-state index contributed by atoms with van der Waals surface area (Å²) in [6.07, 6.45) is 1.40. The quantitative estimate of drug-likeness (QED) is 0.440. The number of nitrogens with zero attached hydrogens (tertiary/aromatic N) is 5. The number of nitrogens with one attached hydrogen (secondary N) is 1. The van der Waals surface area contributed by atoms with Gasteiger partial charge in [0.05, 0.1) is 13.2 Å². The summed E-state index contributed by atoms with van der Waals surface area (Å²) in [7, 11) is 0. The molecule has 9 nitrogen and oxygen atoms in total. The Morgan fingerprint density at radius 2 is 1.89 bits per heavy atom. The van der Waals surface area contributed by atoms with Crippen molar-refractivity contribution in [3.8, 4) is 5.75 Å². The zero-order valence-corrected chi connectivity index (χ0v) is 20.0. The summed E-state index contributed by atoms with van der Waals surface area (Å²) < 4.78 is 7.05. The van der Waals surface area contributed by atoms with Crippen LogP contribution >= 0.6 is 11.6 Å². The molecule has 1 N–H and O–H groups in total. The van der Waals surface area contributed by atoms with E-state index >= 15 is 0 Å². The summed E-state index contributed by atoms with van der Waals surface area (Å²) >= 11 is 6.29. The molecule has 3 heterocycles. The minimum absolute atomic E-state index is 0.00887. The molecule has 0 radical (unpaired) electrons. The average Bonchev–Trinajstić information content (AvgIpc) is 3.29. The first kappa shape index (κ1) is 23.0. The third-order valence-electron chi connectivity index (χ3n) is 6.25. The Hall–Kier alpha value is -3.72. The third kappa shape index (κ3) is 4.77. The molecule has 2 aromatic carbocycles. The van der Waals surface area contributed by atoms with E-state index in [1.54, 1.807) is 16.8 Å². The monoisotopic (exact) mass is 492 g/mol. The molecule has 1 amide bonds. The number of ether oxygens (including phenoxy) is 1. The van der Waals surface area contributed by atoms with Gasteiger partial charge in [-0.3, -0.25) is 9.59 Å². The Bertz CT molecular complexity index is 1410. The van der Waals surface area contributed by atoms with Crippen LogP contribution in [0, 0.1) is 0 Å². The molecule has 1 saturated heterocycles. The van der Waals surface area contributed by atoms with Gasteiger partial charge in [0.25, 0.3) is 11.5 Å². The highest BCUT2D eigenvalue weighted by atomic mass is 35.5. The number of H-pyrrole nitrogens is 1. The van der Waals surface area contributed by atoms with Crippen LogP contribution in [0.5, 0.6) is 5.75 Å². The second kappa shape index (κ2) is 9.87. The van der Waals surface area contributed by atoms with Gasteiger partial charge in [-0.2, -0.15) is 0 Å². The molecule has 1 fully saturated rings. The molecule has 0 spiro atoms. The molecule has 35 heavy (non-hydrogen) atoms. The van der Waals surface area contributed by atoms with Gasteiger partial charge in [0.15, 0.2) is 11.2 Å². The van der Waals surface area contributed by atoms with Crippen LogP contribution in [-0.2, 0) is 6.54 Å². The number of piperidine rings is 1. The van der Waals surface area contributed by atoms with E-state index in [-0.39, 0.29) is 22.9 Å². The van der Waals surface area contributed by atoms with Crippen LogP contribution in [-0.4, -0.2) is 55.5 Å². The summed E-state index contributed by atoms with van der Waals surface area (Å²) in [5.74, 6) is 1.36. The molecule has 0 unspecified atom stereocenters. The first-order valence-corrected chi connectivity index (χ1v) is 12.0. The Kier molecular flexibility index (Phi) is 6.50. The Morgan fingerprint density at radius 3 is 2.60 bits per heavy atom. The van der Waals surface area contributed by atoms with E-state index in [0.29, 0.717) is 61.1 Å². The number of carbonyl (C=O) groups excluding carboxylic acids is 1. The summed E-state index contributed by atoms with van der Waals surface area (Å²) in [6.45, 7) is 4.03. The Morgan fingerprint density at radius 1 is 1.14 bits per heavy atom. The van der Waals surface area contributed by atoms with Crippen LogP contribution < -0.4 is 10.3 Å². The second-order valence-corrected chi connectivity index (χ2v) is 8.89. The lowest BCUT2D eigenvalue weighted by Crippen LogP contribution is -2.38. The largest absolute Gasteiger partial charge is 0.494 e. The molecule has 180 valence electrons. The lowest BCUT2D eigenvalue weighted by molar-refractivity contribution is 0.0711. The minimum atomic E-state index is -0.316. The lowest BCUT2D eigenvalue weighted by Gasteiger charge is -2.31. The molecule has 1 aliphatic heterocycles. The van der Waals surface area contributed by atoms with Crippen LogP contribution in [0.1, 0.15) is 47.4 Å². The van der Waals surface area contributed by atoms with Crippen molar-refractivity contribution in [3.05, 3.63) is 80.9 Å². The molecule has 10 heteroatoms. The van der Waals surface area contributed by atoms with Gasteiger partial charge >= 0.3 is 0 Å². The SMILES string of the molecule is CCOc1ccc(C(=O)N2CCC(c3nc4c(nnn4Cc4ccccc4Cl)c(=O)[nH]3)CC2)cc1. The average molecular weight is 493 g/mol. The zero-order valence-electron chi connectivity index (χ0n) is 19.3. The molecule has 0 atom stereocenters. The van der Waals surface area contributed by atoms with Gasteiger partial charge in [-0.05, 0) is 55.7 Å². The first-order chi connectivity index (χ1) is 17.0. The number of rotatable bonds is 6. The maximum Gasteiger partial charge on any atom is 0.281 e. The molecule has 2 aromatic heterocycles. The van der Waals surface area contributed by atoms with Gasteiger partial charge in [-0.15, -0.1) is 5.10 Å². The Balaban J connectivity index is 1.31. The Labute approximate surface area is 206 Å². The van der Waals surface area contributed by atoms with E-state index in [1.807, 2.05) is 48.2 Å². The third-order valence-corrected chi connectivity index (χ3v) is 6.62. The fraction of sp³-hybridized carbons (Fsp3) is 0.320. The molecule has 1 aliphatic rings. The molecule has 4 aromatic rings. The number of hydrogen-bond acceptors (Lipinski definition) is 6. The normalized spacial score (nSPS) is 14.4. The van der Waals surface area contributed by atoms with Gasteiger partial charge in [0.1, 0.15) is 11.6 Å². The highest BCUT2D eigenvalue weighted by Gasteiger charge is 2.27. The van der Waals surface area contributed by atoms with Crippen molar-refractivity contribution < 1.29 is 9.53 Å². The van der Waals surface area contributed by atoms with Crippen molar-refractivity contribution in [2.45, 2.75) is 32.2 Å². The number of hydrogen-bond donors (Lipinski definition) is 1. The van der Waals surface area contributed by atoms with Crippen molar-refractivity contribution in [2.24, 2.45) is 0 Å². The fourth-order valence-electron chi connectivity index (χ4n) is 4.37. The molecule has 0 saturated carbocycles. The summed E-state index contributed by atoms with van der Waals surface area (Å²) in [4.78, 5) is 35.1. The van der Waals surface area contributed by atoms with Gasteiger partial charge in [0, 0.05) is 29.6 Å². The van der Waals surface area contributed by atoms with Crippen LogP contribution in [0.3, 0.4) is 0 Å². The van der Waals surface area contributed by atoms with Crippen LogP contribution in [0.4, 0.5) is 0 Å². The molecular weight excluding hydrogens is 468 g/mol. The van der Waals surface area contributed by atoms with Crippen molar-refractivity contribution in [1.82, 2.24) is 29.9 Å². The minimum Gasteiger partial charge on any atom is -0.494 e.